The molecule has 1 aromatic heterocycles. The first-order chi connectivity index (χ1) is 14.2. The molecule has 0 radical (unpaired) electrons. The summed E-state index contributed by atoms with van der Waals surface area (Å²) in [6.07, 6.45) is 8.17. The van der Waals surface area contributed by atoms with E-state index in [1.807, 2.05) is 49.1 Å². The molecular weight excluding hydrogens is 402 g/mol. The molecule has 0 unspecified atom stereocenters. The highest BCUT2D eigenvalue weighted by Crippen LogP contribution is 2.28. The summed E-state index contributed by atoms with van der Waals surface area (Å²) in [7, 11) is 1.01. The Balaban J connectivity index is 0.000000248. The molecule has 30 heavy (non-hydrogen) atoms. The van der Waals surface area contributed by atoms with E-state index < -0.39 is 10.1 Å². The molecule has 0 spiro atoms. The van der Waals surface area contributed by atoms with Gasteiger partial charge in [0.1, 0.15) is 17.2 Å². The Morgan fingerprint density at radius 2 is 1.40 bits per heavy atom. The minimum Gasteiger partial charge on any atom is -0.744 e. The fourth-order valence-corrected chi connectivity index (χ4v) is 2.95. The molecule has 3 rings (SSSR count). The fourth-order valence-electron chi connectivity index (χ4n) is 2.48. The van der Waals surface area contributed by atoms with E-state index >= 15 is 0 Å². The summed E-state index contributed by atoms with van der Waals surface area (Å²) in [5.74, 6) is 1.48. The van der Waals surface area contributed by atoms with E-state index in [1.54, 1.807) is 26.4 Å². The van der Waals surface area contributed by atoms with E-state index in [9.17, 15) is 13.0 Å². The van der Waals surface area contributed by atoms with Gasteiger partial charge in [-0.1, -0.05) is 35.9 Å². The number of nitrogens with zero attached hydrogens (tertiary/aromatic N) is 1. The van der Waals surface area contributed by atoms with E-state index in [2.05, 4.69) is 24.3 Å². The Morgan fingerprint density at radius 1 is 0.833 bits per heavy atom. The summed E-state index contributed by atoms with van der Waals surface area (Å²) in [6, 6.07) is 15.8. The van der Waals surface area contributed by atoms with E-state index in [1.165, 1.54) is 12.1 Å². The molecule has 3 aromatic rings. The van der Waals surface area contributed by atoms with E-state index in [4.69, 9.17) is 9.47 Å². The van der Waals surface area contributed by atoms with Crippen molar-refractivity contribution in [2.75, 3.05) is 14.2 Å². The van der Waals surface area contributed by atoms with Crippen LogP contribution >= 0.6 is 0 Å². The predicted molar refractivity (Wildman–Crippen MR) is 115 cm³/mol. The molecule has 0 amide bonds. The van der Waals surface area contributed by atoms with Crippen LogP contribution in [-0.4, -0.2) is 27.2 Å². The Bertz CT molecular complexity index is 1090. The second kappa shape index (κ2) is 10.6. The van der Waals surface area contributed by atoms with Gasteiger partial charge >= 0.3 is 0 Å². The molecule has 0 saturated heterocycles. The molecule has 0 saturated carbocycles. The van der Waals surface area contributed by atoms with Crippen molar-refractivity contribution in [2.45, 2.75) is 11.8 Å². The molecule has 0 N–H and O–H groups in total. The molecule has 0 fully saturated rings. The second-order valence-electron chi connectivity index (χ2n) is 6.51. The first-order valence-electron chi connectivity index (χ1n) is 9.11. The highest BCUT2D eigenvalue weighted by Gasteiger charge is 2.02. The van der Waals surface area contributed by atoms with E-state index in [0.29, 0.717) is 0 Å². The summed E-state index contributed by atoms with van der Waals surface area (Å²) < 4.78 is 43.7. The number of rotatable bonds is 5. The van der Waals surface area contributed by atoms with Gasteiger partial charge < -0.3 is 14.0 Å². The number of methoxy groups -OCH3 is 2. The first-order valence-corrected chi connectivity index (χ1v) is 10.5. The van der Waals surface area contributed by atoms with Gasteiger partial charge in [0.15, 0.2) is 23.9 Å². The number of hydrogen-bond donors (Lipinski definition) is 0. The summed E-state index contributed by atoms with van der Waals surface area (Å²) in [5.41, 5.74) is 3.16. The minimum atomic E-state index is -4.27. The van der Waals surface area contributed by atoms with Crippen molar-refractivity contribution in [3.63, 3.8) is 0 Å². The lowest BCUT2D eigenvalue weighted by Crippen LogP contribution is -2.25. The van der Waals surface area contributed by atoms with Crippen LogP contribution in [0.4, 0.5) is 0 Å². The zero-order chi connectivity index (χ0) is 22.1. The number of aromatic nitrogens is 1. The lowest BCUT2D eigenvalue weighted by molar-refractivity contribution is -0.671. The van der Waals surface area contributed by atoms with Crippen molar-refractivity contribution < 1.29 is 27.0 Å². The molecule has 7 heteroatoms. The lowest BCUT2D eigenvalue weighted by Gasteiger charge is -2.07. The standard InChI is InChI=1S/C16H18NO2.C7H8O3S/c1-17-10-8-13(9-11-17)4-5-14-6-7-15(18-2)16(12-14)19-3;1-6-2-4-7(5-3-6)11(8,9)10/h4-12H,1-3H3;2-5H,1H3,(H,8,9,10)/q+1;/p-1/b5-4+;. The molecule has 0 bridgehead atoms. The number of hydrogen-bond acceptors (Lipinski definition) is 5. The molecule has 6 nitrogen and oxygen atoms in total. The van der Waals surface area contributed by atoms with Gasteiger partial charge in [-0.2, -0.15) is 0 Å². The van der Waals surface area contributed by atoms with Gasteiger partial charge in [-0.25, -0.2) is 13.0 Å². The summed E-state index contributed by atoms with van der Waals surface area (Å²) in [6.45, 7) is 1.82. The van der Waals surface area contributed by atoms with Crippen LogP contribution in [0.3, 0.4) is 0 Å². The molecule has 1 heterocycles. The largest absolute Gasteiger partial charge is 0.744 e. The number of benzene rings is 2. The van der Waals surface area contributed by atoms with Gasteiger partial charge in [0, 0.05) is 12.1 Å². The fraction of sp³-hybridized carbons (Fsp3) is 0.174. The van der Waals surface area contributed by atoms with Gasteiger partial charge in [-0.15, -0.1) is 0 Å². The lowest BCUT2D eigenvalue weighted by atomic mass is 10.1. The van der Waals surface area contributed by atoms with Gasteiger partial charge in [0.05, 0.1) is 19.1 Å². The van der Waals surface area contributed by atoms with Gasteiger partial charge in [0.2, 0.25) is 0 Å². The quantitative estimate of drug-likeness (QED) is 0.459. The van der Waals surface area contributed by atoms with Crippen LogP contribution in [0.2, 0.25) is 0 Å². The maximum atomic E-state index is 10.4. The summed E-state index contributed by atoms with van der Waals surface area (Å²) >= 11 is 0. The van der Waals surface area contributed by atoms with Crippen LogP contribution in [0.1, 0.15) is 16.7 Å². The van der Waals surface area contributed by atoms with Crippen LogP contribution < -0.4 is 14.0 Å². The molecule has 158 valence electrons. The van der Waals surface area contributed by atoms with Crippen LogP contribution in [0.5, 0.6) is 11.5 Å². The molecule has 0 aliphatic heterocycles. The normalized spacial score (nSPS) is 11.0. The number of aryl methyl sites for hydroxylation is 2. The van der Waals surface area contributed by atoms with Crippen LogP contribution in [0.15, 0.2) is 71.9 Å². The monoisotopic (exact) mass is 427 g/mol. The Hall–Kier alpha value is -3.16. The smallest absolute Gasteiger partial charge is 0.169 e. The topological polar surface area (TPSA) is 79.5 Å². The van der Waals surface area contributed by atoms with E-state index in [-0.39, 0.29) is 4.90 Å². The van der Waals surface area contributed by atoms with Crippen LogP contribution in [0, 0.1) is 6.92 Å². The van der Waals surface area contributed by atoms with Crippen molar-refractivity contribution in [3.05, 3.63) is 83.7 Å². The SMILES string of the molecule is COc1ccc(/C=C/c2cc[n+](C)cc2)cc1OC.Cc1ccc(S(=O)(=O)[O-])cc1. The van der Waals surface area contributed by atoms with E-state index in [0.717, 1.165) is 28.2 Å². The predicted octanol–water partition coefficient (Wildman–Crippen LogP) is 3.60. The van der Waals surface area contributed by atoms with Crippen LogP contribution in [-0.2, 0) is 17.2 Å². The minimum absolute atomic E-state index is 0.178. The Kier molecular flexibility index (Phi) is 8.15. The van der Waals surface area contributed by atoms with Crippen molar-refractivity contribution in [2.24, 2.45) is 7.05 Å². The van der Waals surface area contributed by atoms with Gasteiger partial charge in [0.25, 0.3) is 0 Å². The number of pyridine rings is 1. The number of ether oxygens (including phenoxy) is 2. The van der Waals surface area contributed by atoms with Crippen molar-refractivity contribution in [1.29, 1.82) is 0 Å². The molecular formula is C23H25NO5S. The first kappa shape index (κ1) is 23.1. The third kappa shape index (κ3) is 7.02. The van der Waals surface area contributed by atoms with Crippen molar-refractivity contribution >= 4 is 22.3 Å². The average molecular weight is 428 g/mol. The summed E-state index contributed by atoms with van der Waals surface area (Å²) in [4.78, 5) is -0.178. The third-order valence-corrected chi connectivity index (χ3v) is 5.04. The van der Waals surface area contributed by atoms with Gasteiger partial charge in [-0.3, -0.25) is 0 Å². The highest BCUT2D eigenvalue weighted by molar-refractivity contribution is 7.85. The maximum absolute atomic E-state index is 10.4. The average Bonchev–Trinajstić information content (AvgIpc) is 2.73. The second-order valence-corrected chi connectivity index (χ2v) is 7.89. The maximum Gasteiger partial charge on any atom is 0.169 e. The Labute approximate surface area is 177 Å². The molecule has 2 aromatic carbocycles. The van der Waals surface area contributed by atoms with Crippen molar-refractivity contribution in [1.82, 2.24) is 0 Å². The highest BCUT2D eigenvalue weighted by atomic mass is 32.2. The zero-order valence-electron chi connectivity index (χ0n) is 17.4. The molecule has 0 aliphatic rings. The molecule has 0 atom stereocenters. The van der Waals surface area contributed by atoms with Crippen LogP contribution in [0.25, 0.3) is 12.2 Å². The third-order valence-electron chi connectivity index (χ3n) is 4.19. The molecule has 0 aliphatic carbocycles. The summed E-state index contributed by atoms with van der Waals surface area (Å²) in [5, 5.41) is 0. The van der Waals surface area contributed by atoms with Gasteiger partial charge in [-0.05, 0) is 42.3 Å². The van der Waals surface area contributed by atoms with Crippen molar-refractivity contribution in [3.8, 4) is 11.5 Å². The zero-order valence-corrected chi connectivity index (χ0v) is 18.2. The Morgan fingerprint density at radius 3 is 1.93 bits per heavy atom.